The van der Waals surface area contributed by atoms with Crippen LogP contribution in [0.4, 0.5) is 0 Å². The van der Waals surface area contributed by atoms with Crippen LogP contribution >= 0.6 is 27.5 Å². The number of hydrogen-bond acceptors (Lipinski definition) is 1. The van der Waals surface area contributed by atoms with Gasteiger partial charge in [0.2, 0.25) is 0 Å². The lowest BCUT2D eigenvalue weighted by Gasteiger charge is -2.27. The van der Waals surface area contributed by atoms with Gasteiger partial charge in [-0.15, -0.1) is 0 Å². The maximum absolute atomic E-state index is 6.26. The van der Waals surface area contributed by atoms with Crippen molar-refractivity contribution >= 4 is 27.5 Å². The zero-order chi connectivity index (χ0) is 13.0. The molecule has 1 nitrogen and oxygen atoms in total. The predicted molar refractivity (Wildman–Crippen MR) is 82.1 cm³/mol. The minimum absolute atomic E-state index is 0.861. The van der Waals surface area contributed by atoms with Crippen LogP contribution in [0.15, 0.2) is 22.7 Å². The molecule has 2 rings (SSSR count). The Morgan fingerprint density at radius 2 is 2.00 bits per heavy atom. The van der Waals surface area contributed by atoms with Gasteiger partial charge in [0.1, 0.15) is 0 Å². The normalized spacial score (nSPS) is 17.3. The molecule has 0 saturated heterocycles. The molecule has 0 bridgehead atoms. The summed E-state index contributed by atoms with van der Waals surface area (Å²) in [6.45, 7) is 2.15. The molecule has 1 saturated carbocycles. The molecule has 1 fully saturated rings. The average molecular weight is 331 g/mol. The summed E-state index contributed by atoms with van der Waals surface area (Å²) < 4.78 is 1.05. The Balaban J connectivity index is 1.87. The van der Waals surface area contributed by atoms with Crippen LogP contribution in [0.25, 0.3) is 0 Å². The fraction of sp³-hybridized carbons (Fsp3) is 0.600. The van der Waals surface area contributed by atoms with E-state index < -0.39 is 0 Å². The van der Waals surface area contributed by atoms with Crippen LogP contribution in [0, 0.1) is 5.92 Å². The highest BCUT2D eigenvalue weighted by atomic mass is 79.9. The lowest BCUT2D eigenvalue weighted by Crippen LogP contribution is -2.26. The molecule has 3 heteroatoms. The molecule has 0 unspecified atom stereocenters. The number of benzene rings is 1. The summed E-state index contributed by atoms with van der Waals surface area (Å²) in [4.78, 5) is 2.41. The van der Waals surface area contributed by atoms with Crippen molar-refractivity contribution < 1.29 is 0 Å². The first-order valence-corrected chi connectivity index (χ1v) is 7.94. The van der Waals surface area contributed by atoms with Crippen molar-refractivity contribution in [3.8, 4) is 0 Å². The van der Waals surface area contributed by atoms with Crippen LogP contribution in [0.1, 0.15) is 37.7 Å². The van der Waals surface area contributed by atoms with Gasteiger partial charge in [-0.1, -0.05) is 52.9 Å². The molecule has 100 valence electrons. The van der Waals surface area contributed by atoms with Crippen LogP contribution in [-0.2, 0) is 6.54 Å². The van der Waals surface area contributed by atoms with Gasteiger partial charge < -0.3 is 4.90 Å². The third kappa shape index (κ3) is 4.25. The van der Waals surface area contributed by atoms with Crippen molar-refractivity contribution in [2.45, 2.75) is 38.6 Å². The molecule has 1 aromatic rings. The quantitative estimate of drug-likeness (QED) is 0.741. The number of nitrogens with zero attached hydrogens (tertiary/aromatic N) is 1. The summed E-state index contributed by atoms with van der Waals surface area (Å²) in [7, 11) is 2.20. The van der Waals surface area contributed by atoms with Gasteiger partial charge in [-0.25, -0.2) is 0 Å². The molecule has 0 N–H and O–H groups in total. The first-order chi connectivity index (χ1) is 8.65. The molecule has 0 spiro atoms. The number of hydrogen-bond donors (Lipinski definition) is 0. The highest BCUT2D eigenvalue weighted by molar-refractivity contribution is 9.10. The van der Waals surface area contributed by atoms with Crippen LogP contribution in [0.2, 0.25) is 5.02 Å². The molecule has 0 radical (unpaired) electrons. The smallest absolute Gasteiger partial charge is 0.0462 e. The Kier molecular flexibility index (Phi) is 5.53. The molecule has 0 heterocycles. The maximum Gasteiger partial charge on any atom is 0.0462 e. The molecular formula is C15H21BrClN. The largest absolute Gasteiger partial charge is 0.302 e. The van der Waals surface area contributed by atoms with E-state index in [1.807, 2.05) is 6.07 Å². The van der Waals surface area contributed by atoms with E-state index in [1.54, 1.807) is 0 Å². The molecule has 0 atom stereocenters. The topological polar surface area (TPSA) is 3.24 Å². The lowest BCUT2D eigenvalue weighted by atomic mass is 9.89. The molecule has 0 amide bonds. The van der Waals surface area contributed by atoms with Crippen molar-refractivity contribution in [1.82, 2.24) is 4.90 Å². The Morgan fingerprint density at radius 1 is 1.28 bits per heavy atom. The van der Waals surface area contributed by atoms with Crippen molar-refractivity contribution in [1.29, 1.82) is 0 Å². The fourth-order valence-electron chi connectivity index (χ4n) is 2.82. The second-order valence-corrected chi connectivity index (χ2v) is 6.76. The SMILES string of the molecule is CN(Cc1ccc(Br)cc1Cl)CC1CCCCC1. The van der Waals surface area contributed by atoms with Gasteiger partial charge in [0.15, 0.2) is 0 Å². The standard InChI is InChI=1S/C15H21BrClN/c1-18(10-12-5-3-2-4-6-12)11-13-7-8-14(16)9-15(13)17/h7-9,12H,2-6,10-11H2,1H3. The van der Waals surface area contributed by atoms with Gasteiger partial charge in [-0.2, -0.15) is 0 Å². The van der Waals surface area contributed by atoms with E-state index in [4.69, 9.17) is 11.6 Å². The van der Waals surface area contributed by atoms with Gasteiger partial charge in [0.25, 0.3) is 0 Å². The van der Waals surface area contributed by atoms with Crippen molar-refractivity contribution in [3.05, 3.63) is 33.3 Å². The number of halogens is 2. The van der Waals surface area contributed by atoms with Crippen molar-refractivity contribution in [2.24, 2.45) is 5.92 Å². The summed E-state index contributed by atoms with van der Waals surface area (Å²) in [5.41, 5.74) is 1.22. The fourth-order valence-corrected chi connectivity index (χ4v) is 3.55. The van der Waals surface area contributed by atoms with Gasteiger partial charge >= 0.3 is 0 Å². The van der Waals surface area contributed by atoms with E-state index in [2.05, 4.69) is 40.0 Å². The molecule has 0 aromatic heterocycles. The second kappa shape index (κ2) is 6.93. The molecule has 0 aliphatic heterocycles. The van der Waals surface area contributed by atoms with E-state index in [0.29, 0.717) is 0 Å². The second-order valence-electron chi connectivity index (χ2n) is 5.44. The predicted octanol–water partition coefficient (Wildman–Crippen LogP) is 5.11. The molecule has 18 heavy (non-hydrogen) atoms. The van der Waals surface area contributed by atoms with Crippen molar-refractivity contribution in [3.63, 3.8) is 0 Å². The van der Waals surface area contributed by atoms with E-state index in [1.165, 1.54) is 44.2 Å². The average Bonchev–Trinajstić information content (AvgIpc) is 2.34. The highest BCUT2D eigenvalue weighted by Gasteiger charge is 2.15. The van der Waals surface area contributed by atoms with Crippen LogP contribution in [0.3, 0.4) is 0 Å². The first kappa shape index (κ1) is 14.4. The molecule has 1 aliphatic carbocycles. The number of rotatable bonds is 4. The maximum atomic E-state index is 6.26. The molecule has 1 aliphatic rings. The Morgan fingerprint density at radius 3 is 2.67 bits per heavy atom. The van der Waals surface area contributed by atoms with Gasteiger partial charge in [-0.3, -0.25) is 0 Å². The monoisotopic (exact) mass is 329 g/mol. The molecular weight excluding hydrogens is 310 g/mol. The van der Waals surface area contributed by atoms with Crippen LogP contribution in [-0.4, -0.2) is 18.5 Å². The summed E-state index contributed by atoms with van der Waals surface area (Å²) in [5, 5.41) is 0.861. The van der Waals surface area contributed by atoms with Crippen LogP contribution < -0.4 is 0 Å². The van der Waals surface area contributed by atoms with Gasteiger partial charge in [0, 0.05) is 22.6 Å². The van der Waals surface area contributed by atoms with Crippen molar-refractivity contribution in [2.75, 3.05) is 13.6 Å². The van der Waals surface area contributed by atoms with Gasteiger partial charge in [0.05, 0.1) is 0 Å². The van der Waals surface area contributed by atoms with E-state index in [9.17, 15) is 0 Å². The van der Waals surface area contributed by atoms with Crippen LogP contribution in [0.5, 0.6) is 0 Å². The van der Waals surface area contributed by atoms with E-state index >= 15 is 0 Å². The highest BCUT2D eigenvalue weighted by Crippen LogP contribution is 2.26. The third-order valence-electron chi connectivity index (χ3n) is 3.75. The minimum Gasteiger partial charge on any atom is -0.302 e. The third-order valence-corrected chi connectivity index (χ3v) is 4.60. The summed E-state index contributed by atoms with van der Waals surface area (Å²) in [6, 6.07) is 6.16. The summed E-state index contributed by atoms with van der Waals surface area (Å²) in [6.07, 6.45) is 7.06. The lowest BCUT2D eigenvalue weighted by molar-refractivity contribution is 0.228. The first-order valence-electron chi connectivity index (χ1n) is 6.77. The Bertz CT molecular complexity index is 388. The summed E-state index contributed by atoms with van der Waals surface area (Å²) >= 11 is 9.70. The minimum atomic E-state index is 0.861. The van der Waals surface area contributed by atoms with E-state index in [-0.39, 0.29) is 0 Å². The molecule has 1 aromatic carbocycles. The zero-order valence-corrected chi connectivity index (χ0v) is 13.3. The van der Waals surface area contributed by atoms with E-state index in [0.717, 1.165) is 22.0 Å². The summed E-state index contributed by atoms with van der Waals surface area (Å²) in [5.74, 6) is 0.887. The Labute approximate surface area is 124 Å². The van der Waals surface area contributed by atoms with Gasteiger partial charge in [-0.05, 0) is 43.5 Å². The zero-order valence-electron chi connectivity index (χ0n) is 11.0. The Hall–Kier alpha value is -0.0500.